The number of amides is 1. The van der Waals surface area contributed by atoms with Gasteiger partial charge in [0, 0.05) is 19.1 Å². The third kappa shape index (κ3) is 8.20. The highest BCUT2D eigenvalue weighted by atomic mass is 16.5. The Bertz CT molecular complexity index is 918. The lowest BCUT2D eigenvalue weighted by molar-refractivity contribution is -0.117. The number of phenols is 2. The van der Waals surface area contributed by atoms with Crippen molar-refractivity contribution in [3.05, 3.63) is 65.8 Å². The SMILES string of the molecule is CO[C@H]1/C=C/C=C/C=C\C[C@@H](O)[C@@H](C)[C@@H](O)/C(C)=C/CCc2cc(O)cc(c2O)NC(=O)C1. The lowest BCUT2D eigenvalue weighted by atomic mass is 9.90. The number of aliphatic hydroxyl groups is 2. The van der Waals surface area contributed by atoms with Crippen molar-refractivity contribution in [2.45, 2.75) is 57.8 Å². The van der Waals surface area contributed by atoms with Crippen molar-refractivity contribution in [1.29, 1.82) is 0 Å². The van der Waals surface area contributed by atoms with Gasteiger partial charge < -0.3 is 30.5 Å². The minimum atomic E-state index is -0.806. The molecule has 0 saturated carbocycles. The van der Waals surface area contributed by atoms with Gasteiger partial charge >= 0.3 is 0 Å². The largest absolute Gasteiger partial charge is 0.508 e. The summed E-state index contributed by atoms with van der Waals surface area (Å²) < 4.78 is 5.33. The number of methoxy groups -OCH3 is 1. The summed E-state index contributed by atoms with van der Waals surface area (Å²) in [5, 5.41) is 44.3. The zero-order chi connectivity index (χ0) is 24.4. The number of hydrogen-bond acceptors (Lipinski definition) is 6. The van der Waals surface area contributed by atoms with Gasteiger partial charge in [-0.25, -0.2) is 0 Å². The number of benzene rings is 1. The van der Waals surface area contributed by atoms with Gasteiger partial charge in [-0.05, 0) is 43.4 Å². The van der Waals surface area contributed by atoms with Crippen LogP contribution in [0.5, 0.6) is 11.5 Å². The zero-order valence-electron chi connectivity index (χ0n) is 19.4. The molecule has 33 heavy (non-hydrogen) atoms. The summed E-state index contributed by atoms with van der Waals surface area (Å²) >= 11 is 0. The zero-order valence-corrected chi connectivity index (χ0v) is 19.4. The van der Waals surface area contributed by atoms with Crippen LogP contribution in [0, 0.1) is 5.92 Å². The predicted octanol–water partition coefficient (Wildman–Crippen LogP) is 3.75. The van der Waals surface area contributed by atoms with Gasteiger partial charge in [-0.3, -0.25) is 4.79 Å². The number of carbonyl (C=O) groups excluding carboxylic acids is 1. The van der Waals surface area contributed by atoms with Gasteiger partial charge in [0.2, 0.25) is 5.91 Å². The first-order chi connectivity index (χ1) is 15.7. The Balaban J connectivity index is 2.32. The second kappa shape index (κ2) is 13.0. The van der Waals surface area contributed by atoms with Gasteiger partial charge in [0.25, 0.3) is 0 Å². The highest BCUT2D eigenvalue weighted by Crippen LogP contribution is 2.33. The molecule has 0 spiro atoms. The Morgan fingerprint density at radius 3 is 2.55 bits per heavy atom. The van der Waals surface area contributed by atoms with Crippen molar-refractivity contribution in [2.75, 3.05) is 12.4 Å². The second-order valence-corrected chi connectivity index (χ2v) is 8.32. The summed E-state index contributed by atoms with van der Waals surface area (Å²) in [4.78, 5) is 12.5. The van der Waals surface area contributed by atoms with Crippen LogP contribution in [0.15, 0.2) is 60.2 Å². The highest BCUT2D eigenvalue weighted by Gasteiger charge is 2.23. The van der Waals surface area contributed by atoms with E-state index in [9.17, 15) is 25.2 Å². The molecule has 0 saturated heterocycles. The second-order valence-electron chi connectivity index (χ2n) is 8.32. The Morgan fingerprint density at radius 1 is 1.09 bits per heavy atom. The average Bonchev–Trinajstić information content (AvgIpc) is 2.78. The van der Waals surface area contributed by atoms with Crippen LogP contribution in [-0.2, 0) is 16.0 Å². The molecule has 0 fully saturated rings. The summed E-state index contributed by atoms with van der Waals surface area (Å²) in [6, 6.07) is 2.75. The Kier molecular flexibility index (Phi) is 10.4. The van der Waals surface area contributed by atoms with Gasteiger partial charge in [0.05, 0.1) is 30.4 Å². The number of aliphatic hydroxyl groups excluding tert-OH is 2. The quantitative estimate of drug-likeness (QED) is 0.249. The molecule has 2 bridgehead atoms. The molecule has 0 unspecified atom stereocenters. The van der Waals surface area contributed by atoms with Crippen LogP contribution in [0.1, 0.15) is 38.7 Å². The number of phenolic OH excluding ortho intramolecular Hbond substituents is 2. The van der Waals surface area contributed by atoms with Crippen molar-refractivity contribution >= 4 is 11.6 Å². The molecule has 0 radical (unpaired) electrons. The molecular weight excluding hydrogens is 422 g/mol. The third-order valence-corrected chi connectivity index (χ3v) is 5.76. The van der Waals surface area contributed by atoms with E-state index in [1.165, 1.54) is 19.2 Å². The first kappa shape index (κ1) is 26.4. The number of carbonyl (C=O) groups is 1. The minimum Gasteiger partial charge on any atom is -0.508 e. The molecule has 1 heterocycles. The van der Waals surface area contributed by atoms with Crippen molar-refractivity contribution in [3.63, 3.8) is 0 Å². The van der Waals surface area contributed by atoms with E-state index in [-0.39, 0.29) is 35.4 Å². The number of allylic oxidation sites excluding steroid dienone is 5. The molecule has 7 heteroatoms. The number of rotatable bonds is 1. The van der Waals surface area contributed by atoms with Crippen molar-refractivity contribution in [1.82, 2.24) is 0 Å². The van der Waals surface area contributed by atoms with Gasteiger partial charge in [-0.15, -0.1) is 0 Å². The van der Waals surface area contributed by atoms with E-state index in [1.807, 2.05) is 18.2 Å². The van der Waals surface area contributed by atoms with Crippen LogP contribution in [0.2, 0.25) is 0 Å². The van der Waals surface area contributed by atoms with Crippen LogP contribution < -0.4 is 5.32 Å². The summed E-state index contributed by atoms with van der Waals surface area (Å²) in [6.45, 7) is 3.60. The molecule has 1 aliphatic rings. The number of fused-ring (bicyclic) bond motifs is 2. The molecule has 1 aromatic rings. The Morgan fingerprint density at radius 2 is 1.82 bits per heavy atom. The number of hydrogen-bond donors (Lipinski definition) is 5. The van der Waals surface area contributed by atoms with E-state index in [0.29, 0.717) is 24.8 Å². The van der Waals surface area contributed by atoms with E-state index in [2.05, 4.69) is 5.32 Å². The summed E-state index contributed by atoms with van der Waals surface area (Å²) in [5.41, 5.74) is 1.32. The van der Waals surface area contributed by atoms with E-state index in [0.717, 1.165) is 5.57 Å². The summed E-state index contributed by atoms with van der Waals surface area (Å²) in [5.74, 6) is -0.909. The molecule has 0 aromatic heterocycles. The number of anilines is 1. The monoisotopic (exact) mass is 457 g/mol. The Hall–Kier alpha value is -2.87. The third-order valence-electron chi connectivity index (χ3n) is 5.76. The average molecular weight is 458 g/mol. The molecular formula is C26H35NO6. The maximum atomic E-state index is 12.5. The summed E-state index contributed by atoms with van der Waals surface area (Å²) in [7, 11) is 1.50. The van der Waals surface area contributed by atoms with Crippen LogP contribution >= 0.6 is 0 Å². The van der Waals surface area contributed by atoms with E-state index >= 15 is 0 Å². The standard InChI is InChI=1S/C26H35NO6/c1-17-10-9-11-19-14-20(28)15-22(26(19)32)27-24(30)16-21(33-3)12-7-5-4-6-8-13-23(29)18(2)25(17)31/h4-8,10,12,14-15,18,21,23,25,28-29,31-32H,9,11,13,16H2,1-3H3,(H,27,30)/b5-4+,8-6-,12-7+,17-10+/t18-,21+,23-,25+/m1/s1. The van der Waals surface area contributed by atoms with Gasteiger partial charge in [0.15, 0.2) is 0 Å². The number of aromatic hydroxyl groups is 2. The van der Waals surface area contributed by atoms with Crippen molar-refractivity contribution in [3.8, 4) is 11.5 Å². The molecule has 1 aromatic carbocycles. The van der Waals surface area contributed by atoms with Crippen molar-refractivity contribution < 1.29 is 30.0 Å². The molecule has 2 rings (SSSR count). The fourth-order valence-corrected chi connectivity index (χ4v) is 3.61. The minimum absolute atomic E-state index is 0.0327. The van der Waals surface area contributed by atoms with Crippen LogP contribution in [-0.4, -0.2) is 51.8 Å². The van der Waals surface area contributed by atoms with E-state index in [4.69, 9.17) is 4.74 Å². The lowest BCUT2D eigenvalue weighted by Crippen LogP contribution is -2.30. The van der Waals surface area contributed by atoms with E-state index < -0.39 is 18.3 Å². The highest BCUT2D eigenvalue weighted by molar-refractivity contribution is 5.93. The molecule has 5 N–H and O–H groups in total. The molecule has 180 valence electrons. The van der Waals surface area contributed by atoms with Gasteiger partial charge in [0.1, 0.15) is 11.5 Å². The maximum Gasteiger partial charge on any atom is 0.227 e. The summed E-state index contributed by atoms with van der Waals surface area (Å²) in [6.07, 6.45) is 11.9. The molecule has 0 aliphatic carbocycles. The first-order valence-electron chi connectivity index (χ1n) is 11.1. The maximum absolute atomic E-state index is 12.5. The lowest BCUT2D eigenvalue weighted by Gasteiger charge is -2.24. The van der Waals surface area contributed by atoms with Crippen LogP contribution in [0.4, 0.5) is 5.69 Å². The first-order valence-corrected chi connectivity index (χ1v) is 11.1. The topological polar surface area (TPSA) is 119 Å². The molecule has 7 nitrogen and oxygen atoms in total. The van der Waals surface area contributed by atoms with E-state index in [1.54, 1.807) is 38.2 Å². The normalized spacial score (nSPS) is 30.2. The fraction of sp³-hybridized carbons (Fsp3) is 0.423. The molecule has 1 amide bonds. The fourth-order valence-electron chi connectivity index (χ4n) is 3.61. The van der Waals surface area contributed by atoms with Gasteiger partial charge in [-0.2, -0.15) is 0 Å². The molecule has 4 atom stereocenters. The number of nitrogens with one attached hydrogen (secondary N) is 1. The van der Waals surface area contributed by atoms with Crippen molar-refractivity contribution in [2.24, 2.45) is 5.92 Å². The Labute approximate surface area is 195 Å². The van der Waals surface area contributed by atoms with Gasteiger partial charge in [-0.1, -0.05) is 49.5 Å². The molecule has 1 aliphatic heterocycles. The number of ether oxygens (including phenoxy) is 1. The van der Waals surface area contributed by atoms with Crippen LogP contribution in [0.25, 0.3) is 0 Å². The van der Waals surface area contributed by atoms with Crippen LogP contribution in [0.3, 0.4) is 0 Å². The smallest absolute Gasteiger partial charge is 0.227 e. The number of aryl methyl sites for hydroxylation is 1. The predicted molar refractivity (Wildman–Crippen MR) is 129 cm³/mol.